The number of aliphatic hydroxyl groups is 1. The van der Waals surface area contributed by atoms with E-state index >= 15 is 0 Å². The zero-order valence-corrected chi connectivity index (χ0v) is 25.1. The van der Waals surface area contributed by atoms with E-state index in [1.54, 1.807) is 24.3 Å². The Morgan fingerprint density at radius 1 is 1.04 bits per heavy atom. The van der Waals surface area contributed by atoms with E-state index in [1.807, 2.05) is 78.9 Å². The normalized spacial score (nSPS) is 17.2. The fourth-order valence-electron chi connectivity index (χ4n) is 5.21. The molecule has 4 aromatic carbocycles. The molecule has 1 aliphatic rings. The molecule has 9 nitrogen and oxygen atoms in total. The molecule has 0 bridgehead atoms. The van der Waals surface area contributed by atoms with Crippen molar-refractivity contribution in [3.63, 3.8) is 0 Å². The number of halogens is 1. The molecule has 0 saturated heterocycles. The van der Waals surface area contributed by atoms with Crippen molar-refractivity contribution < 1.29 is 23.8 Å². The number of hydrogen-bond donors (Lipinski definition) is 2. The third-order valence-corrected chi connectivity index (χ3v) is 7.58. The lowest BCUT2D eigenvalue weighted by Gasteiger charge is -2.31. The number of aliphatic imine (C=N–C) groups is 1. The number of benzene rings is 4. The Labute approximate surface area is 266 Å². The van der Waals surface area contributed by atoms with Crippen LogP contribution in [0, 0.1) is 5.82 Å². The number of nitrogens with zero attached hydrogens (tertiary/aromatic N) is 4. The molecule has 1 aliphatic heterocycles. The van der Waals surface area contributed by atoms with Crippen molar-refractivity contribution in [2.45, 2.75) is 37.6 Å². The van der Waals surface area contributed by atoms with E-state index in [1.165, 1.54) is 12.1 Å². The second-order valence-electron chi connectivity index (χ2n) is 10.7. The lowest BCUT2D eigenvalue weighted by Crippen LogP contribution is -2.48. The summed E-state index contributed by atoms with van der Waals surface area (Å²) in [5.41, 5.74) is 11.3. The highest BCUT2D eigenvalue weighted by Gasteiger charge is 2.53. The zero-order valence-electron chi connectivity index (χ0n) is 25.1. The van der Waals surface area contributed by atoms with Gasteiger partial charge >= 0.3 is 0 Å². The fourth-order valence-corrected chi connectivity index (χ4v) is 5.21. The summed E-state index contributed by atoms with van der Waals surface area (Å²) in [4.78, 5) is 22.4. The minimum absolute atomic E-state index is 0.0370. The number of aliphatic hydroxyl groups excluding tert-OH is 1. The first-order valence-corrected chi connectivity index (χ1v) is 15.0. The van der Waals surface area contributed by atoms with E-state index in [-0.39, 0.29) is 43.7 Å². The van der Waals surface area contributed by atoms with E-state index in [4.69, 9.17) is 25.1 Å². The van der Waals surface area contributed by atoms with Gasteiger partial charge in [0.1, 0.15) is 11.6 Å². The highest BCUT2D eigenvalue weighted by Crippen LogP contribution is 2.44. The predicted molar refractivity (Wildman–Crippen MR) is 174 cm³/mol. The van der Waals surface area contributed by atoms with Crippen molar-refractivity contribution in [1.82, 2.24) is 5.32 Å². The van der Waals surface area contributed by atoms with Crippen LogP contribution in [0.15, 0.2) is 119 Å². The summed E-state index contributed by atoms with van der Waals surface area (Å²) >= 11 is 0. The van der Waals surface area contributed by atoms with Crippen molar-refractivity contribution in [3.8, 4) is 5.75 Å². The Bertz CT molecular complexity index is 1720. The van der Waals surface area contributed by atoms with Crippen LogP contribution in [0.3, 0.4) is 0 Å². The highest BCUT2D eigenvalue weighted by atomic mass is 19.1. The van der Waals surface area contributed by atoms with E-state index < -0.39 is 11.6 Å². The lowest BCUT2D eigenvalue weighted by atomic mass is 9.82. The summed E-state index contributed by atoms with van der Waals surface area (Å²) < 4.78 is 25.9. The van der Waals surface area contributed by atoms with Gasteiger partial charge in [0.15, 0.2) is 11.6 Å². The summed E-state index contributed by atoms with van der Waals surface area (Å²) in [5, 5.41) is 15.9. The summed E-state index contributed by atoms with van der Waals surface area (Å²) in [5.74, 6) is 0.159. The molecule has 0 spiro atoms. The van der Waals surface area contributed by atoms with Crippen molar-refractivity contribution >= 4 is 17.9 Å². The fraction of sp³-hybridized carbons (Fsp3) is 0.222. The first kappa shape index (κ1) is 32.0. The molecule has 1 amide bonds. The molecular weight excluding hydrogens is 585 g/mol. The molecule has 2 N–H and O–H groups in total. The molecule has 4 aromatic rings. The SMILES string of the molecule is [N-]=[N+]=NCc1ccccc1[C@H]1OC(c2ccc(OCCCO)cc2)=N[C@@]1(C/C=C/c1ccccc1)C(=O)NCc1ccc(F)cc1. The second-order valence-corrected chi connectivity index (χ2v) is 10.7. The van der Waals surface area contributed by atoms with E-state index in [2.05, 4.69) is 15.3 Å². The first-order valence-electron chi connectivity index (χ1n) is 15.0. The number of azide groups is 1. The van der Waals surface area contributed by atoms with Crippen LogP contribution in [0.4, 0.5) is 4.39 Å². The van der Waals surface area contributed by atoms with E-state index in [0.717, 1.165) is 11.1 Å². The highest BCUT2D eigenvalue weighted by molar-refractivity contribution is 6.01. The number of ether oxygens (including phenoxy) is 2. The largest absolute Gasteiger partial charge is 0.494 e. The number of nitrogens with one attached hydrogen (secondary N) is 1. The molecule has 0 fully saturated rings. The third kappa shape index (κ3) is 7.79. The van der Waals surface area contributed by atoms with Crippen molar-refractivity contribution in [3.05, 3.63) is 153 Å². The summed E-state index contributed by atoms with van der Waals surface area (Å²) in [7, 11) is 0. The molecule has 10 heteroatoms. The number of hydrogen-bond acceptors (Lipinski definition) is 6. The molecule has 46 heavy (non-hydrogen) atoms. The Hall–Kier alpha value is -5.44. The maximum Gasteiger partial charge on any atom is 0.252 e. The van der Waals surface area contributed by atoms with Crippen molar-refractivity contribution in [1.29, 1.82) is 0 Å². The van der Waals surface area contributed by atoms with Gasteiger partial charge in [-0.2, -0.15) is 0 Å². The van der Waals surface area contributed by atoms with Gasteiger partial charge in [-0.3, -0.25) is 4.79 Å². The van der Waals surface area contributed by atoms with Gasteiger partial charge in [-0.1, -0.05) is 84.0 Å². The van der Waals surface area contributed by atoms with Gasteiger partial charge in [0.05, 0.1) is 13.2 Å². The van der Waals surface area contributed by atoms with Gasteiger partial charge in [0.25, 0.3) is 5.91 Å². The van der Waals surface area contributed by atoms with Gasteiger partial charge in [-0.15, -0.1) is 0 Å². The zero-order chi connectivity index (χ0) is 32.2. The minimum Gasteiger partial charge on any atom is -0.494 e. The first-order chi connectivity index (χ1) is 22.5. The molecule has 5 rings (SSSR count). The Morgan fingerprint density at radius 3 is 2.52 bits per heavy atom. The molecular formula is C36H34FN5O4. The summed E-state index contributed by atoms with van der Waals surface area (Å²) in [6, 6.07) is 30.2. The molecule has 0 aromatic heterocycles. The Morgan fingerprint density at radius 2 is 1.78 bits per heavy atom. The average Bonchev–Trinajstić information content (AvgIpc) is 3.48. The van der Waals surface area contributed by atoms with Crippen LogP contribution in [0.25, 0.3) is 16.5 Å². The van der Waals surface area contributed by atoms with E-state index in [0.29, 0.717) is 35.5 Å². The van der Waals surface area contributed by atoms with Crippen LogP contribution < -0.4 is 10.1 Å². The number of carbonyl (C=O) groups excluding carboxylic acids is 1. The minimum atomic E-state index is -1.45. The Kier molecular flexibility index (Phi) is 10.8. The number of rotatable bonds is 14. The number of amides is 1. The summed E-state index contributed by atoms with van der Waals surface area (Å²) in [6.45, 7) is 0.633. The van der Waals surface area contributed by atoms with Gasteiger partial charge in [-0.05, 0) is 64.2 Å². The van der Waals surface area contributed by atoms with Gasteiger partial charge in [-0.25, -0.2) is 9.38 Å². The van der Waals surface area contributed by atoms with Gasteiger partial charge in [0.2, 0.25) is 5.90 Å². The maximum absolute atomic E-state index is 14.4. The molecule has 0 aliphatic carbocycles. The van der Waals surface area contributed by atoms with Crippen LogP contribution >= 0.6 is 0 Å². The molecule has 1 heterocycles. The predicted octanol–water partition coefficient (Wildman–Crippen LogP) is 7.07. The molecule has 2 atom stereocenters. The molecule has 0 unspecified atom stereocenters. The molecule has 0 radical (unpaired) electrons. The quantitative estimate of drug-likeness (QED) is 0.0677. The van der Waals surface area contributed by atoms with Gasteiger partial charge < -0.3 is 19.9 Å². The monoisotopic (exact) mass is 619 g/mol. The standard InChI is InChI=1S/C36H34FN5O4/c37-30-17-13-27(14-18-30)24-39-35(44)36(21-6-10-26-8-2-1-3-9-26)33(32-12-5-4-11-29(32)25-40-42-38)46-34(41-36)28-15-19-31(20-16-28)45-23-7-22-43/h1-6,8-20,33,43H,7,21-25H2,(H,39,44)/b10-6+/t33-,36-/m1/s1. The number of carbonyl (C=O) groups is 1. The van der Waals surface area contributed by atoms with Crippen molar-refractivity contribution in [2.75, 3.05) is 13.2 Å². The van der Waals surface area contributed by atoms with Crippen LogP contribution in [0.2, 0.25) is 0 Å². The van der Waals surface area contributed by atoms with Crippen LogP contribution in [-0.2, 0) is 22.6 Å². The van der Waals surface area contributed by atoms with Crippen LogP contribution in [0.1, 0.15) is 46.8 Å². The summed E-state index contributed by atoms with van der Waals surface area (Å²) in [6.07, 6.45) is 3.67. The topological polar surface area (TPSA) is 129 Å². The average molecular weight is 620 g/mol. The molecule has 234 valence electrons. The van der Waals surface area contributed by atoms with Crippen molar-refractivity contribution in [2.24, 2.45) is 10.1 Å². The third-order valence-electron chi connectivity index (χ3n) is 7.58. The lowest BCUT2D eigenvalue weighted by molar-refractivity contribution is -0.129. The van der Waals surface area contributed by atoms with Gasteiger partial charge in [0, 0.05) is 36.5 Å². The second kappa shape index (κ2) is 15.5. The Balaban J connectivity index is 1.57. The maximum atomic E-state index is 14.4. The van der Waals surface area contributed by atoms with Crippen LogP contribution in [-0.4, -0.2) is 35.7 Å². The van der Waals surface area contributed by atoms with E-state index in [9.17, 15) is 9.18 Å². The molecule has 0 saturated carbocycles. The van der Waals surface area contributed by atoms with Crippen LogP contribution in [0.5, 0.6) is 5.75 Å². The smallest absolute Gasteiger partial charge is 0.252 e.